The summed E-state index contributed by atoms with van der Waals surface area (Å²) >= 11 is 0. The van der Waals surface area contributed by atoms with Gasteiger partial charge in [-0.3, -0.25) is 4.79 Å². The van der Waals surface area contributed by atoms with Gasteiger partial charge in [0.15, 0.2) is 6.29 Å². The fourth-order valence-electron chi connectivity index (χ4n) is 3.08. The van der Waals surface area contributed by atoms with E-state index in [1.165, 1.54) is 10.8 Å². The summed E-state index contributed by atoms with van der Waals surface area (Å²) < 4.78 is 0. The van der Waals surface area contributed by atoms with Gasteiger partial charge in [0.05, 0.1) is 0 Å². The van der Waals surface area contributed by atoms with Gasteiger partial charge in [0.1, 0.15) is 0 Å². The summed E-state index contributed by atoms with van der Waals surface area (Å²) in [6.07, 6.45) is 0.930. The summed E-state index contributed by atoms with van der Waals surface area (Å²) in [7, 11) is 0. The van der Waals surface area contributed by atoms with Crippen LogP contribution in [0.1, 0.15) is 10.4 Å². The molecule has 114 valence electrons. The van der Waals surface area contributed by atoms with Crippen LogP contribution in [0.3, 0.4) is 0 Å². The number of carbonyl (C=O) groups is 1. The molecule has 0 heterocycles. The van der Waals surface area contributed by atoms with Crippen LogP contribution in [-0.4, -0.2) is 6.29 Å². The molecule has 4 rings (SSSR count). The minimum Gasteiger partial charge on any atom is -0.298 e. The molecule has 0 aromatic heterocycles. The lowest BCUT2D eigenvalue weighted by atomic mass is 9.94. The SMILES string of the molecule is O=Cc1ccc(-c2ccccc2)cc1-c1ccc2ccccc2c1. The zero-order valence-corrected chi connectivity index (χ0v) is 13.1. The van der Waals surface area contributed by atoms with Crippen molar-refractivity contribution in [1.29, 1.82) is 0 Å². The summed E-state index contributed by atoms with van der Waals surface area (Å²) in [5, 5.41) is 2.38. The summed E-state index contributed by atoms with van der Waals surface area (Å²) in [6.45, 7) is 0. The van der Waals surface area contributed by atoms with Crippen molar-refractivity contribution in [3.63, 3.8) is 0 Å². The number of hydrogen-bond donors (Lipinski definition) is 0. The normalized spacial score (nSPS) is 10.7. The van der Waals surface area contributed by atoms with Crippen molar-refractivity contribution < 1.29 is 4.79 Å². The Balaban J connectivity index is 1.90. The highest BCUT2D eigenvalue weighted by molar-refractivity contribution is 5.94. The molecule has 0 aliphatic heterocycles. The first-order valence-electron chi connectivity index (χ1n) is 7.99. The Hall–Kier alpha value is -3.19. The van der Waals surface area contributed by atoms with E-state index in [0.717, 1.165) is 28.5 Å². The molecule has 0 saturated carbocycles. The van der Waals surface area contributed by atoms with Crippen molar-refractivity contribution in [2.75, 3.05) is 0 Å². The van der Waals surface area contributed by atoms with E-state index in [0.29, 0.717) is 5.56 Å². The number of benzene rings is 4. The fourth-order valence-corrected chi connectivity index (χ4v) is 3.08. The van der Waals surface area contributed by atoms with Crippen molar-refractivity contribution in [3.8, 4) is 22.3 Å². The fraction of sp³-hybridized carbons (Fsp3) is 0. The van der Waals surface area contributed by atoms with Gasteiger partial charge in [-0.2, -0.15) is 0 Å². The van der Waals surface area contributed by atoms with Gasteiger partial charge in [0, 0.05) is 5.56 Å². The second-order valence-corrected chi connectivity index (χ2v) is 5.85. The van der Waals surface area contributed by atoms with Crippen LogP contribution >= 0.6 is 0 Å². The minimum absolute atomic E-state index is 0.713. The number of aldehydes is 1. The molecular weight excluding hydrogens is 292 g/mol. The molecule has 0 amide bonds. The average molecular weight is 308 g/mol. The molecule has 1 nitrogen and oxygen atoms in total. The molecule has 0 aliphatic carbocycles. The molecule has 0 bridgehead atoms. The zero-order valence-electron chi connectivity index (χ0n) is 13.1. The van der Waals surface area contributed by atoms with E-state index >= 15 is 0 Å². The van der Waals surface area contributed by atoms with Crippen LogP contribution in [0.15, 0.2) is 91.0 Å². The number of hydrogen-bond acceptors (Lipinski definition) is 1. The molecule has 0 unspecified atom stereocenters. The molecule has 0 aliphatic rings. The Morgan fingerprint density at radius 2 is 1.25 bits per heavy atom. The largest absolute Gasteiger partial charge is 0.298 e. The van der Waals surface area contributed by atoms with E-state index in [-0.39, 0.29) is 0 Å². The van der Waals surface area contributed by atoms with Gasteiger partial charge >= 0.3 is 0 Å². The smallest absolute Gasteiger partial charge is 0.150 e. The van der Waals surface area contributed by atoms with Crippen LogP contribution in [0.2, 0.25) is 0 Å². The van der Waals surface area contributed by atoms with Gasteiger partial charge in [-0.1, -0.05) is 78.9 Å². The monoisotopic (exact) mass is 308 g/mol. The first kappa shape index (κ1) is 14.4. The highest BCUT2D eigenvalue weighted by Gasteiger charge is 2.08. The Morgan fingerprint density at radius 3 is 2.04 bits per heavy atom. The van der Waals surface area contributed by atoms with Crippen LogP contribution in [0.5, 0.6) is 0 Å². The number of carbonyl (C=O) groups excluding carboxylic acids is 1. The molecule has 4 aromatic rings. The second kappa shape index (κ2) is 6.13. The first-order chi connectivity index (χ1) is 11.8. The Morgan fingerprint density at radius 1 is 0.542 bits per heavy atom. The zero-order chi connectivity index (χ0) is 16.4. The highest BCUT2D eigenvalue weighted by atomic mass is 16.1. The van der Waals surface area contributed by atoms with Crippen molar-refractivity contribution in [1.82, 2.24) is 0 Å². The van der Waals surface area contributed by atoms with Crippen LogP contribution in [-0.2, 0) is 0 Å². The molecule has 4 aromatic carbocycles. The Kier molecular flexibility index (Phi) is 3.68. The van der Waals surface area contributed by atoms with E-state index in [4.69, 9.17) is 0 Å². The number of fused-ring (bicyclic) bond motifs is 1. The molecular formula is C23H16O. The molecule has 24 heavy (non-hydrogen) atoms. The van der Waals surface area contributed by atoms with Crippen molar-refractivity contribution >= 4 is 17.1 Å². The van der Waals surface area contributed by atoms with E-state index in [1.54, 1.807) is 0 Å². The lowest BCUT2D eigenvalue weighted by Gasteiger charge is -2.10. The van der Waals surface area contributed by atoms with E-state index < -0.39 is 0 Å². The van der Waals surface area contributed by atoms with Crippen molar-refractivity contribution in [2.24, 2.45) is 0 Å². The third-order valence-corrected chi connectivity index (χ3v) is 4.35. The van der Waals surface area contributed by atoms with Gasteiger partial charge in [-0.05, 0) is 45.2 Å². The van der Waals surface area contributed by atoms with Crippen LogP contribution in [0, 0.1) is 0 Å². The third kappa shape index (κ3) is 2.61. The lowest BCUT2D eigenvalue weighted by molar-refractivity contribution is 0.112. The molecule has 0 fully saturated rings. The first-order valence-corrected chi connectivity index (χ1v) is 7.99. The predicted molar refractivity (Wildman–Crippen MR) is 100 cm³/mol. The maximum atomic E-state index is 11.5. The minimum atomic E-state index is 0.713. The third-order valence-electron chi connectivity index (χ3n) is 4.35. The average Bonchev–Trinajstić information content (AvgIpc) is 2.68. The molecule has 0 N–H and O–H groups in total. The van der Waals surface area contributed by atoms with Gasteiger partial charge in [-0.25, -0.2) is 0 Å². The predicted octanol–water partition coefficient (Wildman–Crippen LogP) is 5.99. The second-order valence-electron chi connectivity index (χ2n) is 5.85. The maximum Gasteiger partial charge on any atom is 0.150 e. The maximum absolute atomic E-state index is 11.5. The quantitative estimate of drug-likeness (QED) is 0.425. The summed E-state index contributed by atoms with van der Waals surface area (Å²) in [5.41, 5.74) is 5.01. The van der Waals surface area contributed by atoms with Crippen molar-refractivity contribution in [3.05, 3.63) is 96.6 Å². The van der Waals surface area contributed by atoms with E-state index in [1.807, 2.05) is 42.5 Å². The summed E-state index contributed by atoms with van der Waals surface area (Å²) in [5.74, 6) is 0. The van der Waals surface area contributed by atoms with Crippen molar-refractivity contribution in [2.45, 2.75) is 0 Å². The molecule has 0 atom stereocenters. The van der Waals surface area contributed by atoms with Gasteiger partial charge in [0.25, 0.3) is 0 Å². The van der Waals surface area contributed by atoms with Crippen LogP contribution in [0.4, 0.5) is 0 Å². The molecule has 0 radical (unpaired) electrons. The topological polar surface area (TPSA) is 17.1 Å². The van der Waals surface area contributed by atoms with Crippen LogP contribution < -0.4 is 0 Å². The lowest BCUT2D eigenvalue weighted by Crippen LogP contribution is -1.89. The number of rotatable bonds is 3. The summed E-state index contributed by atoms with van der Waals surface area (Å²) in [4.78, 5) is 11.5. The van der Waals surface area contributed by atoms with Gasteiger partial charge < -0.3 is 0 Å². The molecule has 1 heteroatoms. The molecule has 0 saturated heterocycles. The standard InChI is InChI=1S/C23H16O/c24-16-22-13-11-20(17-6-2-1-3-7-17)15-23(22)21-12-10-18-8-4-5-9-19(18)14-21/h1-16H. The van der Waals surface area contributed by atoms with E-state index in [2.05, 4.69) is 48.5 Å². The Bertz CT molecular complexity index is 1020. The summed E-state index contributed by atoms with van der Waals surface area (Å²) in [6, 6.07) is 30.8. The van der Waals surface area contributed by atoms with E-state index in [9.17, 15) is 4.79 Å². The van der Waals surface area contributed by atoms with Gasteiger partial charge in [-0.15, -0.1) is 0 Å². The molecule has 0 spiro atoms. The van der Waals surface area contributed by atoms with Crippen LogP contribution in [0.25, 0.3) is 33.0 Å². The highest BCUT2D eigenvalue weighted by Crippen LogP contribution is 2.31. The Labute approximate surface area is 141 Å². The van der Waals surface area contributed by atoms with Gasteiger partial charge in [0.2, 0.25) is 0 Å².